The first-order valence-corrected chi connectivity index (χ1v) is 10.3. The van der Waals surface area contributed by atoms with Gasteiger partial charge in [-0.25, -0.2) is 0 Å². The number of benzene rings is 2. The van der Waals surface area contributed by atoms with Crippen molar-refractivity contribution in [2.24, 2.45) is 0 Å². The highest BCUT2D eigenvalue weighted by atomic mass is 16.5. The van der Waals surface area contributed by atoms with Crippen molar-refractivity contribution in [3.8, 4) is 11.5 Å². The van der Waals surface area contributed by atoms with E-state index in [1.807, 2.05) is 49.2 Å². The minimum Gasteiger partial charge on any atom is -0.490 e. The topological polar surface area (TPSA) is 51.7 Å². The Morgan fingerprint density at radius 1 is 1.07 bits per heavy atom. The molecule has 0 fully saturated rings. The summed E-state index contributed by atoms with van der Waals surface area (Å²) in [5, 5.41) is 0. The molecule has 2 aromatic carbocycles. The summed E-state index contributed by atoms with van der Waals surface area (Å²) in [6.07, 6.45) is 5.43. The number of ether oxygens (including phenoxy) is 2. The molecule has 5 heteroatoms. The van der Waals surface area contributed by atoms with Crippen LogP contribution in [-0.4, -0.2) is 29.4 Å². The lowest BCUT2D eigenvalue weighted by Crippen LogP contribution is -2.30. The Labute approximate surface area is 177 Å². The van der Waals surface area contributed by atoms with Crippen molar-refractivity contribution in [3.63, 3.8) is 0 Å². The van der Waals surface area contributed by atoms with E-state index in [1.54, 1.807) is 18.5 Å². The van der Waals surface area contributed by atoms with Crippen LogP contribution in [0.5, 0.6) is 11.5 Å². The van der Waals surface area contributed by atoms with Crippen LogP contribution in [0.15, 0.2) is 67.0 Å². The van der Waals surface area contributed by atoms with Gasteiger partial charge in [-0.05, 0) is 66.8 Å². The molecule has 0 radical (unpaired) electrons. The number of aromatic nitrogens is 1. The van der Waals surface area contributed by atoms with Gasteiger partial charge >= 0.3 is 0 Å². The lowest BCUT2D eigenvalue weighted by molar-refractivity contribution is 0.0730. The second kappa shape index (κ2) is 8.99. The first-order chi connectivity index (χ1) is 14.7. The minimum absolute atomic E-state index is 0.0154. The molecule has 4 rings (SSSR count). The molecular formula is C25H26N2O3. The molecular weight excluding hydrogens is 376 g/mol. The normalized spacial score (nSPS) is 14.8. The molecule has 0 spiro atoms. The van der Waals surface area contributed by atoms with E-state index in [1.165, 1.54) is 11.1 Å². The van der Waals surface area contributed by atoms with Crippen molar-refractivity contribution in [1.82, 2.24) is 9.88 Å². The summed E-state index contributed by atoms with van der Waals surface area (Å²) >= 11 is 0. The summed E-state index contributed by atoms with van der Waals surface area (Å²) in [6, 6.07) is 17.7. The Morgan fingerprint density at radius 2 is 1.87 bits per heavy atom. The largest absolute Gasteiger partial charge is 0.490 e. The Hall–Kier alpha value is -3.34. The van der Waals surface area contributed by atoms with Gasteiger partial charge in [0.15, 0.2) is 11.5 Å². The third-order valence-electron chi connectivity index (χ3n) is 5.52. The molecule has 0 unspecified atom stereocenters. The molecule has 1 aromatic heterocycles. The molecule has 5 nitrogen and oxygen atoms in total. The highest BCUT2D eigenvalue weighted by molar-refractivity contribution is 5.95. The van der Waals surface area contributed by atoms with Crippen molar-refractivity contribution >= 4 is 5.91 Å². The average molecular weight is 402 g/mol. The molecule has 0 saturated carbocycles. The van der Waals surface area contributed by atoms with Crippen LogP contribution in [0, 0.1) is 0 Å². The quantitative estimate of drug-likeness (QED) is 0.569. The number of fused-ring (bicyclic) bond motifs is 1. The first-order valence-electron chi connectivity index (χ1n) is 10.3. The van der Waals surface area contributed by atoms with Gasteiger partial charge in [0.25, 0.3) is 5.91 Å². The maximum atomic E-state index is 13.2. The van der Waals surface area contributed by atoms with E-state index in [2.05, 4.69) is 23.2 Å². The summed E-state index contributed by atoms with van der Waals surface area (Å²) in [5.41, 5.74) is 4.20. The molecule has 30 heavy (non-hydrogen) atoms. The molecule has 1 aliphatic carbocycles. The molecule has 0 N–H and O–H groups in total. The van der Waals surface area contributed by atoms with Crippen molar-refractivity contribution in [2.75, 3.05) is 13.7 Å². The molecule has 1 aliphatic rings. The number of aryl methyl sites for hydroxylation is 1. The summed E-state index contributed by atoms with van der Waals surface area (Å²) < 4.78 is 11.7. The van der Waals surface area contributed by atoms with Crippen LogP contribution in [0.25, 0.3) is 0 Å². The fourth-order valence-electron chi connectivity index (χ4n) is 3.95. The van der Waals surface area contributed by atoms with Gasteiger partial charge in [-0.15, -0.1) is 0 Å². The number of hydrogen-bond donors (Lipinski definition) is 0. The van der Waals surface area contributed by atoms with E-state index in [9.17, 15) is 4.79 Å². The molecule has 1 atom stereocenters. The summed E-state index contributed by atoms with van der Waals surface area (Å²) in [7, 11) is 1.88. The van der Waals surface area contributed by atoms with Gasteiger partial charge in [-0.3, -0.25) is 9.78 Å². The Bertz CT molecular complexity index is 1020. The zero-order chi connectivity index (χ0) is 20.9. The van der Waals surface area contributed by atoms with E-state index in [-0.39, 0.29) is 11.9 Å². The first kappa shape index (κ1) is 20.0. The smallest absolute Gasteiger partial charge is 0.254 e. The third kappa shape index (κ3) is 4.15. The molecule has 0 saturated heterocycles. The summed E-state index contributed by atoms with van der Waals surface area (Å²) in [6.45, 7) is 2.83. The second-order valence-electron chi connectivity index (χ2n) is 7.41. The van der Waals surface area contributed by atoms with E-state index < -0.39 is 0 Å². The van der Waals surface area contributed by atoms with Gasteiger partial charge < -0.3 is 14.4 Å². The average Bonchev–Trinajstić information content (AvgIpc) is 3.22. The van der Waals surface area contributed by atoms with Crippen LogP contribution in [0.2, 0.25) is 0 Å². The zero-order valence-electron chi connectivity index (χ0n) is 17.4. The molecule has 1 amide bonds. The predicted molar refractivity (Wildman–Crippen MR) is 116 cm³/mol. The maximum Gasteiger partial charge on any atom is 0.254 e. The summed E-state index contributed by atoms with van der Waals surface area (Å²) in [5.74, 6) is 1.19. The van der Waals surface area contributed by atoms with Crippen LogP contribution >= 0.6 is 0 Å². The zero-order valence-corrected chi connectivity index (χ0v) is 17.4. The Morgan fingerprint density at radius 3 is 2.67 bits per heavy atom. The summed E-state index contributed by atoms with van der Waals surface area (Å²) in [4.78, 5) is 19.1. The van der Waals surface area contributed by atoms with Gasteiger partial charge in [0, 0.05) is 25.0 Å². The van der Waals surface area contributed by atoms with E-state index in [0.29, 0.717) is 30.3 Å². The molecule has 154 valence electrons. The van der Waals surface area contributed by atoms with Crippen molar-refractivity contribution in [1.29, 1.82) is 0 Å². The van der Waals surface area contributed by atoms with Gasteiger partial charge in [0.2, 0.25) is 0 Å². The number of amides is 1. The van der Waals surface area contributed by atoms with Crippen LogP contribution in [-0.2, 0) is 13.0 Å². The third-order valence-corrected chi connectivity index (χ3v) is 5.52. The molecule has 0 bridgehead atoms. The van der Waals surface area contributed by atoms with Crippen LogP contribution in [0.3, 0.4) is 0 Å². The number of carbonyl (C=O) groups excluding carboxylic acids is 1. The lowest BCUT2D eigenvalue weighted by atomic mass is 10.1. The van der Waals surface area contributed by atoms with Gasteiger partial charge in [-0.1, -0.05) is 24.3 Å². The van der Waals surface area contributed by atoms with Crippen molar-refractivity contribution in [2.45, 2.75) is 32.4 Å². The number of carbonyl (C=O) groups is 1. The highest BCUT2D eigenvalue weighted by Crippen LogP contribution is 2.36. The number of rotatable bonds is 7. The fourth-order valence-corrected chi connectivity index (χ4v) is 3.95. The standard InChI is InChI=1S/C25H26N2O3/c1-3-29-24-16-20(9-11-23(24)30-17-18-12-14-26-15-13-18)25(28)27(2)22-10-8-19-6-4-5-7-21(19)22/h4-7,9,11-16,22H,3,8,10,17H2,1-2H3/t22-/m1/s1. The van der Waals surface area contributed by atoms with Crippen molar-refractivity contribution in [3.05, 3.63) is 89.2 Å². The minimum atomic E-state index is -0.0154. The van der Waals surface area contributed by atoms with Crippen LogP contribution in [0.4, 0.5) is 0 Å². The van der Waals surface area contributed by atoms with E-state index in [0.717, 1.165) is 18.4 Å². The van der Waals surface area contributed by atoms with Crippen LogP contribution < -0.4 is 9.47 Å². The van der Waals surface area contributed by atoms with Gasteiger partial charge in [-0.2, -0.15) is 0 Å². The molecule has 0 aliphatic heterocycles. The Kier molecular flexibility index (Phi) is 5.98. The predicted octanol–water partition coefficient (Wildman–Crippen LogP) is 4.82. The Balaban J connectivity index is 1.52. The SMILES string of the molecule is CCOc1cc(C(=O)N(C)[C@@H]2CCc3ccccc32)ccc1OCc1ccncc1. The highest BCUT2D eigenvalue weighted by Gasteiger charge is 2.29. The molecule has 1 heterocycles. The van der Waals surface area contributed by atoms with Gasteiger partial charge in [0.05, 0.1) is 12.6 Å². The van der Waals surface area contributed by atoms with Crippen LogP contribution in [0.1, 0.15) is 46.4 Å². The van der Waals surface area contributed by atoms with E-state index >= 15 is 0 Å². The van der Waals surface area contributed by atoms with Crippen molar-refractivity contribution < 1.29 is 14.3 Å². The fraction of sp³-hybridized carbons (Fsp3) is 0.280. The molecule has 3 aromatic rings. The number of nitrogens with zero attached hydrogens (tertiary/aromatic N) is 2. The van der Waals surface area contributed by atoms with Gasteiger partial charge in [0.1, 0.15) is 6.61 Å². The lowest BCUT2D eigenvalue weighted by Gasteiger charge is -2.26. The monoisotopic (exact) mass is 402 g/mol. The number of pyridine rings is 1. The second-order valence-corrected chi connectivity index (χ2v) is 7.41. The van der Waals surface area contributed by atoms with E-state index in [4.69, 9.17) is 9.47 Å². The number of hydrogen-bond acceptors (Lipinski definition) is 4. The maximum absolute atomic E-state index is 13.2.